The quantitative estimate of drug-likeness (QED) is 0.757. The summed E-state index contributed by atoms with van der Waals surface area (Å²) in [5, 5.41) is 0. The molecule has 0 N–H and O–H groups in total. The molecule has 0 saturated heterocycles. The summed E-state index contributed by atoms with van der Waals surface area (Å²) < 4.78 is 3.13. The Labute approximate surface area is 124 Å². The van der Waals surface area contributed by atoms with Crippen LogP contribution in [0.3, 0.4) is 0 Å². The lowest BCUT2D eigenvalue weighted by molar-refractivity contribution is 0.535. The van der Waals surface area contributed by atoms with E-state index in [1.54, 1.807) is 0 Å². The number of alkyl halides is 1. The second kappa shape index (κ2) is 6.26. The first-order valence-electron chi connectivity index (χ1n) is 5.78. The molecule has 2 aromatic rings. The van der Waals surface area contributed by atoms with Gasteiger partial charge in [0.2, 0.25) is 0 Å². The molecule has 18 heavy (non-hydrogen) atoms. The number of rotatable bonds is 5. The van der Waals surface area contributed by atoms with Crippen LogP contribution in [0.1, 0.15) is 25.2 Å². The Morgan fingerprint density at radius 2 is 2.33 bits per heavy atom. The van der Waals surface area contributed by atoms with E-state index in [1.165, 1.54) is 0 Å². The summed E-state index contributed by atoms with van der Waals surface area (Å²) in [5.41, 5.74) is 1.83. The monoisotopic (exact) mass is 347 g/mol. The van der Waals surface area contributed by atoms with E-state index in [0.717, 1.165) is 33.6 Å². The molecule has 2 rings (SSSR count). The summed E-state index contributed by atoms with van der Waals surface area (Å²) in [6, 6.07) is 2.38. The number of aromatic nitrogens is 3. The summed E-state index contributed by atoms with van der Waals surface area (Å²) >= 11 is 11.3. The van der Waals surface area contributed by atoms with Crippen molar-refractivity contribution >= 4 is 50.5 Å². The van der Waals surface area contributed by atoms with Gasteiger partial charge in [-0.1, -0.05) is 6.92 Å². The number of imidazole rings is 1. The van der Waals surface area contributed by atoms with Gasteiger partial charge < -0.3 is 4.57 Å². The molecule has 0 aromatic carbocycles. The van der Waals surface area contributed by atoms with E-state index in [1.807, 2.05) is 24.0 Å². The van der Waals surface area contributed by atoms with Crippen molar-refractivity contribution in [1.29, 1.82) is 0 Å². The van der Waals surface area contributed by atoms with Gasteiger partial charge in [-0.05, 0) is 34.7 Å². The van der Waals surface area contributed by atoms with Crippen LogP contribution in [0.4, 0.5) is 0 Å². The van der Waals surface area contributed by atoms with E-state index in [4.69, 9.17) is 11.6 Å². The number of hydrogen-bond acceptors (Lipinski definition) is 3. The first-order chi connectivity index (χ1) is 8.71. The molecule has 0 spiro atoms. The van der Waals surface area contributed by atoms with Gasteiger partial charge in [0.15, 0.2) is 5.65 Å². The zero-order chi connectivity index (χ0) is 13.1. The first-order valence-corrected chi connectivity index (χ1v) is 8.50. The number of halogens is 2. The van der Waals surface area contributed by atoms with E-state index >= 15 is 0 Å². The predicted molar refractivity (Wildman–Crippen MR) is 82.5 cm³/mol. The summed E-state index contributed by atoms with van der Waals surface area (Å²) in [7, 11) is 0. The summed E-state index contributed by atoms with van der Waals surface area (Å²) in [4.78, 5) is 9.06. The van der Waals surface area contributed by atoms with E-state index in [2.05, 4.69) is 43.6 Å². The maximum absolute atomic E-state index is 6.01. The van der Waals surface area contributed by atoms with Gasteiger partial charge in [0.05, 0.1) is 5.88 Å². The number of pyridine rings is 1. The van der Waals surface area contributed by atoms with E-state index in [0.29, 0.717) is 11.9 Å². The third-order valence-corrected chi connectivity index (χ3v) is 4.28. The van der Waals surface area contributed by atoms with Gasteiger partial charge in [0.1, 0.15) is 11.3 Å². The van der Waals surface area contributed by atoms with E-state index in [-0.39, 0.29) is 0 Å². The van der Waals surface area contributed by atoms with E-state index in [9.17, 15) is 0 Å². The molecule has 0 saturated carbocycles. The average molecular weight is 349 g/mol. The van der Waals surface area contributed by atoms with Crippen LogP contribution < -0.4 is 0 Å². The van der Waals surface area contributed by atoms with Gasteiger partial charge in [-0.2, -0.15) is 11.8 Å². The van der Waals surface area contributed by atoms with Crippen molar-refractivity contribution in [2.45, 2.75) is 25.3 Å². The van der Waals surface area contributed by atoms with Crippen molar-refractivity contribution in [3.8, 4) is 0 Å². The maximum Gasteiger partial charge on any atom is 0.160 e. The van der Waals surface area contributed by atoms with Crippen LogP contribution >= 0.6 is 39.3 Å². The molecule has 0 aliphatic heterocycles. The molecular weight excluding hydrogens is 334 g/mol. The first kappa shape index (κ1) is 14.2. The highest BCUT2D eigenvalue weighted by Crippen LogP contribution is 2.26. The van der Waals surface area contributed by atoms with Gasteiger partial charge in [0.25, 0.3) is 0 Å². The number of hydrogen-bond donors (Lipinski definition) is 0. The Morgan fingerprint density at radius 3 is 2.94 bits per heavy atom. The summed E-state index contributed by atoms with van der Waals surface area (Å²) in [6.07, 6.45) is 4.98. The molecule has 2 heterocycles. The Balaban J connectivity index is 2.58. The molecule has 2 aromatic heterocycles. The van der Waals surface area contributed by atoms with Crippen LogP contribution in [0.15, 0.2) is 16.7 Å². The Bertz CT molecular complexity index is 543. The Morgan fingerprint density at radius 1 is 1.56 bits per heavy atom. The highest BCUT2D eigenvalue weighted by molar-refractivity contribution is 9.10. The van der Waals surface area contributed by atoms with Crippen LogP contribution in [-0.2, 0) is 5.88 Å². The third-order valence-electron chi connectivity index (χ3n) is 2.88. The molecule has 0 amide bonds. The normalized spacial score (nSPS) is 13.1. The second-order valence-electron chi connectivity index (χ2n) is 4.05. The molecule has 0 radical (unpaired) electrons. The van der Waals surface area contributed by atoms with Crippen LogP contribution in [0.5, 0.6) is 0 Å². The molecule has 0 aliphatic carbocycles. The molecule has 0 fully saturated rings. The fourth-order valence-corrected chi connectivity index (χ4v) is 3.33. The Hall–Kier alpha value is -0.260. The van der Waals surface area contributed by atoms with Crippen LogP contribution in [0, 0.1) is 0 Å². The molecule has 0 aliphatic rings. The van der Waals surface area contributed by atoms with E-state index < -0.39 is 0 Å². The third kappa shape index (κ3) is 2.68. The van der Waals surface area contributed by atoms with Crippen LogP contribution in [0.25, 0.3) is 11.2 Å². The molecule has 1 atom stereocenters. The van der Waals surface area contributed by atoms with Gasteiger partial charge in [-0.15, -0.1) is 11.6 Å². The fraction of sp³-hybridized carbons (Fsp3) is 0.500. The summed E-state index contributed by atoms with van der Waals surface area (Å²) in [6.45, 7) is 2.18. The van der Waals surface area contributed by atoms with Crippen molar-refractivity contribution in [2.75, 3.05) is 12.0 Å². The highest BCUT2D eigenvalue weighted by Gasteiger charge is 2.18. The lowest BCUT2D eigenvalue weighted by Crippen LogP contribution is -2.13. The second-order valence-corrected chi connectivity index (χ2v) is 6.14. The molecule has 0 bridgehead atoms. The van der Waals surface area contributed by atoms with Gasteiger partial charge >= 0.3 is 0 Å². The van der Waals surface area contributed by atoms with Crippen LogP contribution in [-0.4, -0.2) is 26.5 Å². The van der Waals surface area contributed by atoms with Gasteiger partial charge in [0, 0.05) is 22.5 Å². The number of nitrogens with zero attached hydrogens (tertiary/aromatic N) is 3. The zero-order valence-electron chi connectivity index (χ0n) is 10.4. The predicted octanol–water partition coefficient (Wildman–Crippen LogP) is 4.25. The molecule has 1 unspecified atom stereocenters. The van der Waals surface area contributed by atoms with Crippen molar-refractivity contribution in [1.82, 2.24) is 14.5 Å². The molecule has 3 nitrogen and oxygen atoms in total. The van der Waals surface area contributed by atoms with Gasteiger partial charge in [-0.3, -0.25) is 0 Å². The standard InChI is InChI=1S/C12H15BrClN3S/c1-3-9(7-18-2)17-11(5-14)16-10-4-8(13)6-15-12(10)17/h4,6,9H,3,5,7H2,1-2H3. The van der Waals surface area contributed by atoms with Gasteiger partial charge in [-0.25, -0.2) is 9.97 Å². The minimum absolute atomic E-state index is 0.396. The van der Waals surface area contributed by atoms with Crippen molar-refractivity contribution in [2.24, 2.45) is 0 Å². The van der Waals surface area contributed by atoms with Crippen LogP contribution in [0.2, 0.25) is 0 Å². The molecule has 98 valence electrons. The summed E-state index contributed by atoms with van der Waals surface area (Å²) in [5.74, 6) is 2.36. The smallest absolute Gasteiger partial charge is 0.160 e. The van der Waals surface area contributed by atoms with Crippen molar-refractivity contribution in [3.63, 3.8) is 0 Å². The van der Waals surface area contributed by atoms with Crippen molar-refractivity contribution in [3.05, 3.63) is 22.6 Å². The zero-order valence-corrected chi connectivity index (χ0v) is 13.5. The molecular formula is C12H15BrClN3S. The minimum Gasteiger partial charge on any atom is -0.308 e. The lowest BCUT2D eigenvalue weighted by atomic mass is 10.2. The Kier molecular flexibility index (Phi) is 4.92. The topological polar surface area (TPSA) is 30.7 Å². The number of fused-ring (bicyclic) bond motifs is 1. The fourth-order valence-electron chi connectivity index (χ4n) is 2.05. The molecule has 6 heteroatoms. The average Bonchev–Trinajstić information content (AvgIpc) is 2.73. The number of thioether (sulfide) groups is 1. The lowest BCUT2D eigenvalue weighted by Gasteiger charge is -2.18. The highest BCUT2D eigenvalue weighted by atomic mass is 79.9. The van der Waals surface area contributed by atoms with Crippen molar-refractivity contribution < 1.29 is 0 Å². The maximum atomic E-state index is 6.01. The minimum atomic E-state index is 0.396. The largest absolute Gasteiger partial charge is 0.308 e. The SMILES string of the molecule is CCC(CSC)n1c(CCl)nc2cc(Br)cnc21.